The second kappa shape index (κ2) is 8.97. The number of halogens is 2. The van der Waals surface area contributed by atoms with Crippen LogP contribution in [0.1, 0.15) is 18.1 Å². The van der Waals surface area contributed by atoms with Crippen LogP contribution in [0, 0.1) is 24.1 Å². The van der Waals surface area contributed by atoms with E-state index in [1.165, 1.54) is 25.1 Å². The van der Waals surface area contributed by atoms with Gasteiger partial charge in [0.05, 0.1) is 5.69 Å². The van der Waals surface area contributed by atoms with Crippen LogP contribution in [0.25, 0.3) is 6.08 Å². The molecule has 2 aromatic rings. The minimum Gasteiger partial charge on any atom is -0.448 e. The van der Waals surface area contributed by atoms with Crippen molar-refractivity contribution in [3.63, 3.8) is 0 Å². The first-order valence-electron chi connectivity index (χ1n) is 7.95. The first-order chi connectivity index (χ1) is 12.8. The van der Waals surface area contributed by atoms with Crippen LogP contribution in [-0.2, 0) is 14.3 Å². The molecule has 0 saturated heterocycles. The smallest absolute Gasteiger partial charge is 0.349 e. The molecule has 138 valence electrons. The van der Waals surface area contributed by atoms with Crippen LogP contribution in [0.3, 0.4) is 0 Å². The first kappa shape index (κ1) is 20.1. The molecule has 0 saturated carbocycles. The fraction of sp³-hybridized carbons (Fsp3) is 0.150. The zero-order chi connectivity index (χ0) is 20.0. The van der Waals surface area contributed by atoms with Crippen molar-refractivity contribution in [1.82, 2.24) is 0 Å². The topological polar surface area (TPSA) is 79.2 Å². The third kappa shape index (κ3) is 5.66. The Balaban J connectivity index is 2.05. The summed E-state index contributed by atoms with van der Waals surface area (Å²) in [6.45, 7) is 3.23. The Hall–Kier alpha value is -3.17. The maximum Gasteiger partial charge on any atom is 0.349 e. The Bertz CT molecular complexity index is 933. The molecular formula is C20H16ClFN2O3. The molecule has 0 fully saturated rings. The predicted molar refractivity (Wildman–Crippen MR) is 100 cm³/mol. The summed E-state index contributed by atoms with van der Waals surface area (Å²) in [5.41, 5.74) is 1.33. The molecule has 0 aliphatic rings. The molecule has 0 unspecified atom stereocenters. The van der Waals surface area contributed by atoms with Crippen molar-refractivity contribution in [3.05, 3.63) is 70.0 Å². The van der Waals surface area contributed by atoms with Gasteiger partial charge in [0.25, 0.3) is 5.91 Å². The van der Waals surface area contributed by atoms with E-state index < -0.39 is 23.8 Å². The summed E-state index contributed by atoms with van der Waals surface area (Å²) < 4.78 is 18.7. The maximum atomic E-state index is 13.7. The summed E-state index contributed by atoms with van der Waals surface area (Å²) in [5.74, 6) is -2.40. The molecule has 27 heavy (non-hydrogen) atoms. The van der Waals surface area contributed by atoms with Gasteiger partial charge in [0.2, 0.25) is 0 Å². The van der Waals surface area contributed by atoms with E-state index in [2.05, 4.69) is 5.32 Å². The number of nitrogens with zero attached hydrogens (tertiary/aromatic N) is 1. The highest BCUT2D eigenvalue weighted by Crippen LogP contribution is 2.19. The van der Waals surface area contributed by atoms with Gasteiger partial charge in [-0.2, -0.15) is 5.26 Å². The molecule has 1 atom stereocenters. The van der Waals surface area contributed by atoms with Gasteiger partial charge >= 0.3 is 5.97 Å². The highest BCUT2D eigenvalue weighted by Gasteiger charge is 2.21. The van der Waals surface area contributed by atoms with Crippen molar-refractivity contribution in [3.8, 4) is 6.07 Å². The van der Waals surface area contributed by atoms with Crippen molar-refractivity contribution >= 4 is 35.2 Å². The van der Waals surface area contributed by atoms with E-state index in [-0.39, 0.29) is 16.3 Å². The molecule has 5 nitrogen and oxygen atoms in total. The van der Waals surface area contributed by atoms with Crippen molar-refractivity contribution in [2.75, 3.05) is 5.32 Å². The molecule has 1 N–H and O–H groups in total. The number of aryl methyl sites for hydroxylation is 1. The van der Waals surface area contributed by atoms with Crippen molar-refractivity contribution in [1.29, 1.82) is 5.26 Å². The minimum absolute atomic E-state index is 0.0944. The number of carbonyl (C=O) groups excluding carboxylic acids is 2. The summed E-state index contributed by atoms with van der Waals surface area (Å²) in [7, 11) is 0. The summed E-state index contributed by atoms with van der Waals surface area (Å²) in [6.07, 6.45) is 0.132. The highest BCUT2D eigenvalue weighted by molar-refractivity contribution is 6.30. The summed E-state index contributed by atoms with van der Waals surface area (Å²) in [5, 5.41) is 11.7. The Morgan fingerprint density at radius 3 is 2.52 bits per heavy atom. The molecule has 2 aromatic carbocycles. The molecule has 0 heterocycles. The van der Waals surface area contributed by atoms with Crippen LogP contribution in [0.4, 0.5) is 10.1 Å². The third-order valence-electron chi connectivity index (χ3n) is 3.57. The second-order valence-electron chi connectivity index (χ2n) is 5.74. The quantitative estimate of drug-likeness (QED) is 0.473. The van der Waals surface area contributed by atoms with Crippen LogP contribution in [0.5, 0.6) is 0 Å². The number of esters is 1. The zero-order valence-electron chi connectivity index (χ0n) is 14.6. The molecule has 0 aliphatic heterocycles. The second-order valence-corrected chi connectivity index (χ2v) is 6.18. The summed E-state index contributed by atoms with van der Waals surface area (Å²) in [6, 6.07) is 12.7. The monoisotopic (exact) mass is 386 g/mol. The Morgan fingerprint density at radius 1 is 1.26 bits per heavy atom. The minimum atomic E-state index is -1.23. The lowest BCUT2D eigenvalue weighted by molar-refractivity contribution is -0.148. The zero-order valence-corrected chi connectivity index (χ0v) is 15.4. The molecule has 0 bridgehead atoms. The van der Waals surface area contributed by atoms with E-state index >= 15 is 0 Å². The number of hydrogen-bond acceptors (Lipinski definition) is 4. The number of nitriles is 1. The van der Waals surface area contributed by atoms with Gasteiger partial charge in [-0.05, 0) is 43.7 Å². The number of amides is 1. The fourth-order valence-electron chi connectivity index (χ4n) is 2.07. The van der Waals surface area contributed by atoms with Crippen LogP contribution in [0.15, 0.2) is 48.0 Å². The van der Waals surface area contributed by atoms with Gasteiger partial charge in [-0.25, -0.2) is 9.18 Å². The number of nitrogens with one attached hydrogen (secondary N) is 1. The average molecular weight is 387 g/mol. The molecule has 2 rings (SSSR count). The lowest BCUT2D eigenvalue weighted by Gasteiger charge is -2.13. The number of carbonyl (C=O) groups is 2. The molecule has 7 heteroatoms. The SMILES string of the molecule is Cc1ccc(/C=C(\C#N)C(=O)O[C@H](C)C(=O)Nc2ccc(Cl)cc2F)cc1. The number of anilines is 1. The average Bonchev–Trinajstić information content (AvgIpc) is 2.63. The number of hydrogen-bond donors (Lipinski definition) is 1. The van der Waals surface area contributed by atoms with Gasteiger partial charge in [0.1, 0.15) is 17.5 Å². The fourth-order valence-corrected chi connectivity index (χ4v) is 2.23. The predicted octanol–water partition coefficient (Wildman–Crippen LogP) is 4.26. The summed E-state index contributed by atoms with van der Waals surface area (Å²) >= 11 is 5.65. The van der Waals surface area contributed by atoms with Crippen molar-refractivity contribution < 1.29 is 18.7 Å². The lowest BCUT2D eigenvalue weighted by atomic mass is 10.1. The van der Waals surface area contributed by atoms with Gasteiger partial charge in [-0.1, -0.05) is 41.4 Å². The third-order valence-corrected chi connectivity index (χ3v) is 3.81. The standard InChI is InChI=1S/C20H16ClFN2O3/c1-12-3-5-14(6-4-12)9-15(11-23)20(26)27-13(2)19(25)24-18-8-7-16(21)10-17(18)22/h3-10,13H,1-2H3,(H,24,25)/b15-9+/t13-/m1/s1. The van der Waals surface area contributed by atoms with Crippen LogP contribution in [-0.4, -0.2) is 18.0 Å². The van der Waals surface area contributed by atoms with Crippen LogP contribution < -0.4 is 5.32 Å². The van der Waals surface area contributed by atoms with E-state index in [0.29, 0.717) is 5.56 Å². The highest BCUT2D eigenvalue weighted by atomic mass is 35.5. The van der Waals surface area contributed by atoms with Crippen molar-refractivity contribution in [2.45, 2.75) is 20.0 Å². The number of benzene rings is 2. The molecule has 0 spiro atoms. The van der Waals surface area contributed by atoms with Crippen LogP contribution in [0.2, 0.25) is 5.02 Å². The van der Waals surface area contributed by atoms with Gasteiger partial charge in [0, 0.05) is 5.02 Å². The molecule has 0 aliphatic carbocycles. The molecule has 0 radical (unpaired) electrons. The Labute approximate surface area is 161 Å². The number of ether oxygens (including phenoxy) is 1. The first-order valence-corrected chi connectivity index (χ1v) is 8.33. The van der Waals surface area contributed by atoms with E-state index in [1.54, 1.807) is 18.2 Å². The lowest BCUT2D eigenvalue weighted by Crippen LogP contribution is -2.30. The van der Waals surface area contributed by atoms with Crippen LogP contribution >= 0.6 is 11.6 Å². The summed E-state index contributed by atoms with van der Waals surface area (Å²) in [4.78, 5) is 24.2. The molecular weight excluding hydrogens is 371 g/mol. The Kier molecular flexibility index (Phi) is 6.69. The van der Waals surface area contributed by atoms with E-state index in [0.717, 1.165) is 11.6 Å². The normalized spacial score (nSPS) is 12.0. The van der Waals surface area contributed by atoms with E-state index in [4.69, 9.17) is 16.3 Å². The van der Waals surface area contributed by atoms with E-state index in [9.17, 15) is 19.2 Å². The van der Waals surface area contributed by atoms with E-state index in [1.807, 2.05) is 19.1 Å². The molecule has 1 amide bonds. The Morgan fingerprint density at radius 2 is 1.93 bits per heavy atom. The van der Waals surface area contributed by atoms with Gasteiger partial charge < -0.3 is 10.1 Å². The molecule has 0 aromatic heterocycles. The van der Waals surface area contributed by atoms with Gasteiger partial charge in [-0.15, -0.1) is 0 Å². The maximum absolute atomic E-state index is 13.7. The van der Waals surface area contributed by atoms with Crippen molar-refractivity contribution in [2.24, 2.45) is 0 Å². The van der Waals surface area contributed by atoms with Gasteiger partial charge in [-0.3, -0.25) is 4.79 Å². The van der Waals surface area contributed by atoms with Gasteiger partial charge in [0.15, 0.2) is 6.10 Å². The largest absolute Gasteiger partial charge is 0.448 e. The number of rotatable bonds is 5.